The highest BCUT2D eigenvalue weighted by Gasteiger charge is 2.28. The number of rotatable bonds is 17. The fourth-order valence-corrected chi connectivity index (χ4v) is 5.21. The van der Waals surface area contributed by atoms with E-state index in [2.05, 4.69) is 12.0 Å². The summed E-state index contributed by atoms with van der Waals surface area (Å²) in [7, 11) is 0. The van der Waals surface area contributed by atoms with E-state index in [1.807, 2.05) is 0 Å². The largest absolute Gasteiger partial charge is 0.272 e. The lowest BCUT2D eigenvalue weighted by molar-refractivity contribution is -0.116. The zero-order valence-electron chi connectivity index (χ0n) is 19.6. The summed E-state index contributed by atoms with van der Waals surface area (Å²) in [5.74, 6) is -0.0907. The zero-order valence-corrected chi connectivity index (χ0v) is 21.9. The lowest BCUT2D eigenvalue weighted by Gasteiger charge is -2.15. The Bertz CT molecular complexity index is 713. The van der Waals surface area contributed by atoms with Crippen LogP contribution in [0.15, 0.2) is 17.2 Å². The Hall–Kier alpha value is -0.770. The van der Waals surface area contributed by atoms with Crippen molar-refractivity contribution in [3.05, 3.63) is 27.2 Å². The van der Waals surface area contributed by atoms with Crippen LogP contribution in [0.25, 0.3) is 0 Å². The SMILES string of the molecule is CCCCCCCCCCCCCCCCCC1=NN(c2c(Cl)cc(Cl)cc2Cl)C(=O)C1. The first-order valence-corrected chi connectivity index (χ1v) is 13.7. The predicted molar refractivity (Wildman–Crippen MR) is 141 cm³/mol. The summed E-state index contributed by atoms with van der Waals surface area (Å²) in [6, 6.07) is 3.17. The molecule has 0 bridgehead atoms. The average molecular weight is 502 g/mol. The van der Waals surface area contributed by atoms with Gasteiger partial charge in [0.15, 0.2) is 0 Å². The molecule has 1 aromatic rings. The molecule has 0 atom stereocenters. The molecule has 0 N–H and O–H groups in total. The third kappa shape index (κ3) is 10.0. The second-order valence-corrected chi connectivity index (χ2v) is 10.2. The monoisotopic (exact) mass is 500 g/mol. The van der Waals surface area contributed by atoms with E-state index in [4.69, 9.17) is 34.8 Å². The van der Waals surface area contributed by atoms with Gasteiger partial charge >= 0.3 is 0 Å². The highest BCUT2D eigenvalue weighted by Crippen LogP contribution is 2.38. The number of carbonyl (C=O) groups is 1. The lowest BCUT2D eigenvalue weighted by atomic mass is 10.0. The van der Waals surface area contributed by atoms with Gasteiger partial charge in [0.05, 0.1) is 16.5 Å². The van der Waals surface area contributed by atoms with Gasteiger partial charge in [-0.1, -0.05) is 132 Å². The van der Waals surface area contributed by atoms with Gasteiger partial charge in [0.25, 0.3) is 5.91 Å². The van der Waals surface area contributed by atoms with Crippen LogP contribution in [0.1, 0.15) is 116 Å². The van der Waals surface area contributed by atoms with Crippen molar-refractivity contribution in [1.29, 1.82) is 0 Å². The molecule has 180 valence electrons. The summed E-state index contributed by atoms with van der Waals surface area (Å²) >= 11 is 18.4. The molecule has 0 unspecified atom stereocenters. The van der Waals surface area contributed by atoms with Crippen molar-refractivity contribution in [2.75, 3.05) is 5.01 Å². The van der Waals surface area contributed by atoms with Crippen molar-refractivity contribution in [1.82, 2.24) is 0 Å². The number of hydrogen-bond donors (Lipinski definition) is 0. The zero-order chi connectivity index (χ0) is 23.2. The Morgan fingerprint density at radius 3 is 1.66 bits per heavy atom. The molecule has 0 saturated carbocycles. The number of nitrogens with zero attached hydrogens (tertiary/aromatic N) is 2. The Morgan fingerprint density at radius 1 is 0.750 bits per heavy atom. The van der Waals surface area contributed by atoms with E-state index in [1.54, 1.807) is 12.1 Å². The Kier molecular flexibility index (Phi) is 13.7. The highest BCUT2D eigenvalue weighted by molar-refractivity contribution is 6.42. The summed E-state index contributed by atoms with van der Waals surface area (Å²) in [4.78, 5) is 12.4. The van der Waals surface area contributed by atoms with Gasteiger partial charge in [0.2, 0.25) is 0 Å². The van der Waals surface area contributed by atoms with Gasteiger partial charge < -0.3 is 0 Å². The molecule has 1 aliphatic rings. The highest BCUT2D eigenvalue weighted by atomic mass is 35.5. The number of benzene rings is 1. The van der Waals surface area contributed by atoms with Gasteiger partial charge in [-0.15, -0.1) is 0 Å². The van der Waals surface area contributed by atoms with Gasteiger partial charge in [0, 0.05) is 10.7 Å². The van der Waals surface area contributed by atoms with E-state index in [0.29, 0.717) is 27.2 Å². The minimum absolute atomic E-state index is 0.0907. The van der Waals surface area contributed by atoms with Gasteiger partial charge in [-0.3, -0.25) is 4.79 Å². The molecule has 1 amide bonds. The van der Waals surface area contributed by atoms with Crippen LogP contribution in [-0.2, 0) is 4.79 Å². The first-order valence-electron chi connectivity index (χ1n) is 12.6. The van der Waals surface area contributed by atoms with Crippen molar-refractivity contribution in [3.63, 3.8) is 0 Å². The van der Waals surface area contributed by atoms with Crippen molar-refractivity contribution in [2.45, 2.75) is 116 Å². The van der Waals surface area contributed by atoms with Gasteiger partial charge in [-0.25, -0.2) is 0 Å². The number of carbonyl (C=O) groups excluding carboxylic acids is 1. The summed E-state index contributed by atoms with van der Waals surface area (Å²) in [5, 5.41) is 6.94. The number of halogens is 3. The van der Waals surface area contributed by atoms with E-state index in [1.165, 1.54) is 94.9 Å². The first-order chi connectivity index (χ1) is 15.5. The normalized spacial score (nSPS) is 13.8. The lowest BCUT2D eigenvalue weighted by Crippen LogP contribution is -2.20. The van der Waals surface area contributed by atoms with E-state index in [-0.39, 0.29) is 5.91 Å². The summed E-state index contributed by atoms with van der Waals surface area (Å²) < 4.78 is 0. The molecule has 0 spiro atoms. The predicted octanol–water partition coefficient (Wildman–Crippen LogP) is 10.0. The van der Waals surface area contributed by atoms with Crippen LogP contribution >= 0.6 is 34.8 Å². The second-order valence-electron chi connectivity index (χ2n) is 8.97. The minimum atomic E-state index is -0.0907. The van der Waals surface area contributed by atoms with E-state index in [0.717, 1.165) is 18.6 Å². The molecule has 32 heavy (non-hydrogen) atoms. The molecule has 2 rings (SSSR count). The van der Waals surface area contributed by atoms with E-state index < -0.39 is 0 Å². The van der Waals surface area contributed by atoms with Crippen molar-refractivity contribution >= 4 is 52.1 Å². The van der Waals surface area contributed by atoms with Crippen LogP contribution in [0, 0.1) is 0 Å². The molecule has 1 aromatic carbocycles. The fraction of sp³-hybridized carbons (Fsp3) is 0.692. The van der Waals surface area contributed by atoms with E-state index in [9.17, 15) is 4.79 Å². The Morgan fingerprint density at radius 2 is 1.19 bits per heavy atom. The Balaban J connectivity index is 1.51. The maximum absolute atomic E-state index is 12.4. The summed E-state index contributed by atoms with van der Waals surface area (Å²) in [6.07, 6.45) is 21.4. The van der Waals surface area contributed by atoms with Crippen LogP contribution in [0.3, 0.4) is 0 Å². The van der Waals surface area contributed by atoms with Crippen LogP contribution in [-0.4, -0.2) is 11.6 Å². The first kappa shape index (κ1) is 27.5. The van der Waals surface area contributed by atoms with Crippen molar-refractivity contribution < 1.29 is 4.79 Å². The number of anilines is 1. The molecule has 1 heterocycles. The number of hydrogen-bond acceptors (Lipinski definition) is 2. The summed E-state index contributed by atoms with van der Waals surface area (Å²) in [6.45, 7) is 2.27. The fourth-order valence-electron chi connectivity index (χ4n) is 4.23. The number of hydrazone groups is 1. The topological polar surface area (TPSA) is 32.7 Å². The maximum atomic E-state index is 12.4. The van der Waals surface area contributed by atoms with Crippen molar-refractivity contribution in [3.8, 4) is 0 Å². The van der Waals surface area contributed by atoms with Gasteiger partial charge in [0.1, 0.15) is 5.69 Å². The molecule has 0 aliphatic carbocycles. The molecule has 1 aliphatic heterocycles. The average Bonchev–Trinajstić information content (AvgIpc) is 3.10. The number of amides is 1. The summed E-state index contributed by atoms with van der Waals surface area (Å²) in [5.41, 5.74) is 1.33. The second kappa shape index (κ2) is 16.0. The minimum Gasteiger partial charge on any atom is -0.272 e. The van der Waals surface area contributed by atoms with Gasteiger partial charge in [-0.05, 0) is 25.0 Å². The molecule has 0 aromatic heterocycles. The third-order valence-corrected chi connectivity index (χ3v) is 6.89. The molecule has 0 radical (unpaired) electrons. The number of unbranched alkanes of at least 4 members (excludes halogenated alkanes) is 14. The maximum Gasteiger partial charge on any atom is 0.253 e. The van der Waals surface area contributed by atoms with Gasteiger partial charge in [-0.2, -0.15) is 10.1 Å². The van der Waals surface area contributed by atoms with E-state index >= 15 is 0 Å². The Labute approximate surface area is 209 Å². The standard InChI is InChI=1S/C26H39Cl3N2O/c1-2-3-4-5-6-7-8-9-10-11-12-13-14-15-16-17-22-20-25(32)31(30-22)26-23(28)18-21(27)19-24(26)29/h18-19H,2-17,20H2,1H3. The molecule has 0 saturated heterocycles. The van der Waals surface area contributed by atoms with Crippen LogP contribution in [0.4, 0.5) is 5.69 Å². The van der Waals surface area contributed by atoms with Crippen LogP contribution < -0.4 is 5.01 Å². The molecular weight excluding hydrogens is 463 g/mol. The molecule has 0 fully saturated rings. The van der Waals surface area contributed by atoms with Crippen LogP contribution in [0.2, 0.25) is 15.1 Å². The quantitative estimate of drug-likeness (QED) is 0.195. The molecule has 3 nitrogen and oxygen atoms in total. The smallest absolute Gasteiger partial charge is 0.253 e. The molecule has 6 heteroatoms. The molecular formula is C26H39Cl3N2O. The van der Waals surface area contributed by atoms with Crippen molar-refractivity contribution in [2.24, 2.45) is 5.10 Å². The third-order valence-electron chi connectivity index (χ3n) is 6.10. The van der Waals surface area contributed by atoms with Crippen LogP contribution in [0.5, 0.6) is 0 Å².